The number of aliphatic hydroxyl groups is 1. The molecule has 1 amide bonds. The quantitative estimate of drug-likeness (QED) is 0.330. The summed E-state index contributed by atoms with van der Waals surface area (Å²) in [6.45, 7) is 10.7. The molecule has 1 rings (SSSR count). The van der Waals surface area contributed by atoms with Gasteiger partial charge in [0.1, 0.15) is 0 Å². The molecule has 0 bridgehead atoms. The maximum Gasteiger partial charge on any atom is 0.410 e. The molecule has 0 fully saturated rings. The standard InChI is InChI=1S/C20H28ClNO5.H2S/c1-12(2)18(24)26-19(13(3)4)27-20(25)22-11-16(10-14(5)23)15-6-8-17(21)9-7-15;/h6-9,12-13,16,19,23H,5,10-11H2,1-4H3,(H,22,25);1H2/t16-,19-;/m0./s1. The number of rotatable bonds is 9. The molecular formula is C20H30ClNO5S. The van der Waals surface area contributed by atoms with Crippen LogP contribution in [0.15, 0.2) is 36.6 Å². The van der Waals surface area contributed by atoms with Crippen molar-refractivity contribution in [1.82, 2.24) is 5.32 Å². The summed E-state index contributed by atoms with van der Waals surface area (Å²) in [6.07, 6.45) is -1.40. The van der Waals surface area contributed by atoms with E-state index in [1.54, 1.807) is 39.8 Å². The molecule has 2 N–H and O–H groups in total. The Hall–Kier alpha value is -1.86. The van der Waals surface area contributed by atoms with E-state index >= 15 is 0 Å². The third kappa shape index (κ3) is 9.37. The second kappa shape index (κ2) is 12.6. The Kier molecular flexibility index (Phi) is 11.7. The van der Waals surface area contributed by atoms with Gasteiger partial charge in [0.15, 0.2) is 0 Å². The maximum absolute atomic E-state index is 12.2. The molecule has 0 spiro atoms. The third-order valence-corrected chi connectivity index (χ3v) is 4.04. The van der Waals surface area contributed by atoms with Gasteiger partial charge < -0.3 is 19.9 Å². The molecule has 0 aliphatic rings. The zero-order valence-corrected chi connectivity index (χ0v) is 18.5. The molecule has 0 heterocycles. The molecule has 0 aromatic heterocycles. The van der Waals surface area contributed by atoms with Crippen molar-refractivity contribution >= 4 is 37.2 Å². The fourth-order valence-corrected chi connectivity index (χ4v) is 2.35. The average Bonchev–Trinajstić information content (AvgIpc) is 2.58. The molecule has 0 unspecified atom stereocenters. The number of halogens is 1. The van der Waals surface area contributed by atoms with Crippen molar-refractivity contribution in [3.05, 3.63) is 47.2 Å². The zero-order chi connectivity index (χ0) is 20.6. The number of ether oxygens (including phenoxy) is 2. The lowest BCUT2D eigenvalue weighted by atomic mass is 9.95. The lowest BCUT2D eigenvalue weighted by Crippen LogP contribution is -2.37. The number of hydrogen-bond donors (Lipinski definition) is 2. The first-order valence-corrected chi connectivity index (χ1v) is 9.25. The fourth-order valence-electron chi connectivity index (χ4n) is 2.23. The molecule has 0 saturated heterocycles. The third-order valence-electron chi connectivity index (χ3n) is 3.79. The number of allylic oxidation sites excluding steroid dienone is 1. The van der Waals surface area contributed by atoms with Crippen LogP contribution in [-0.4, -0.2) is 30.0 Å². The number of aliphatic hydroxyl groups excluding tert-OH is 1. The highest BCUT2D eigenvalue weighted by atomic mass is 35.5. The topological polar surface area (TPSA) is 84.9 Å². The predicted molar refractivity (Wildman–Crippen MR) is 115 cm³/mol. The van der Waals surface area contributed by atoms with Crippen molar-refractivity contribution in [3.8, 4) is 0 Å². The van der Waals surface area contributed by atoms with E-state index in [4.69, 9.17) is 21.1 Å². The van der Waals surface area contributed by atoms with Crippen LogP contribution in [0.5, 0.6) is 0 Å². The second-order valence-electron chi connectivity index (χ2n) is 7.01. The minimum absolute atomic E-state index is 0. The highest BCUT2D eigenvalue weighted by Crippen LogP contribution is 2.23. The van der Waals surface area contributed by atoms with Gasteiger partial charge in [-0.15, -0.1) is 0 Å². The first kappa shape index (κ1) is 26.1. The van der Waals surface area contributed by atoms with E-state index in [1.165, 1.54) is 0 Å². The van der Waals surface area contributed by atoms with Gasteiger partial charge in [0.2, 0.25) is 0 Å². The molecule has 0 radical (unpaired) electrons. The van der Waals surface area contributed by atoms with Gasteiger partial charge in [-0.1, -0.05) is 58.0 Å². The Morgan fingerprint density at radius 3 is 2.18 bits per heavy atom. The Labute approximate surface area is 178 Å². The van der Waals surface area contributed by atoms with Gasteiger partial charge in [-0.3, -0.25) is 4.79 Å². The van der Waals surface area contributed by atoms with Gasteiger partial charge in [0.05, 0.1) is 11.7 Å². The monoisotopic (exact) mass is 431 g/mol. The van der Waals surface area contributed by atoms with Gasteiger partial charge in [0.25, 0.3) is 6.29 Å². The van der Waals surface area contributed by atoms with Crippen LogP contribution in [0.4, 0.5) is 4.79 Å². The number of carbonyl (C=O) groups excluding carboxylic acids is 2. The maximum atomic E-state index is 12.2. The summed E-state index contributed by atoms with van der Waals surface area (Å²) in [5.74, 6) is -1.14. The van der Waals surface area contributed by atoms with Gasteiger partial charge in [-0.05, 0) is 17.7 Å². The zero-order valence-electron chi connectivity index (χ0n) is 16.7. The normalized spacial score (nSPS) is 12.7. The molecule has 8 heteroatoms. The number of esters is 1. The SMILES string of the molecule is C=C(O)C[C@@H](CNC(=O)O[C@H](OC(=O)C(C)C)C(C)C)c1ccc(Cl)cc1.S. The van der Waals surface area contributed by atoms with Crippen molar-refractivity contribution in [2.75, 3.05) is 6.54 Å². The van der Waals surface area contributed by atoms with E-state index in [0.717, 1.165) is 5.56 Å². The van der Waals surface area contributed by atoms with Gasteiger partial charge in [0, 0.05) is 29.8 Å². The Morgan fingerprint density at radius 2 is 1.71 bits per heavy atom. The van der Waals surface area contributed by atoms with E-state index in [0.29, 0.717) is 5.02 Å². The summed E-state index contributed by atoms with van der Waals surface area (Å²) in [4.78, 5) is 23.9. The Bertz CT molecular complexity index is 649. The molecule has 158 valence electrons. The largest absolute Gasteiger partial charge is 0.513 e. The first-order valence-electron chi connectivity index (χ1n) is 8.87. The highest BCUT2D eigenvalue weighted by Gasteiger charge is 2.24. The Morgan fingerprint density at radius 1 is 1.14 bits per heavy atom. The van der Waals surface area contributed by atoms with E-state index in [-0.39, 0.29) is 50.0 Å². The molecule has 1 aromatic rings. The minimum atomic E-state index is -0.971. The molecule has 28 heavy (non-hydrogen) atoms. The molecule has 6 nitrogen and oxygen atoms in total. The summed E-state index contributed by atoms with van der Waals surface area (Å²) >= 11 is 5.90. The van der Waals surface area contributed by atoms with E-state index < -0.39 is 18.4 Å². The fraction of sp³-hybridized carbons (Fsp3) is 0.500. The second-order valence-corrected chi connectivity index (χ2v) is 7.45. The van der Waals surface area contributed by atoms with Crippen LogP contribution in [-0.2, 0) is 14.3 Å². The van der Waals surface area contributed by atoms with Gasteiger partial charge in [-0.2, -0.15) is 13.5 Å². The number of nitrogens with one attached hydrogen (secondary N) is 1. The van der Waals surface area contributed by atoms with Crippen LogP contribution >= 0.6 is 25.1 Å². The number of amides is 1. The summed E-state index contributed by atoms with van der Waals surface area (Å²) in [6, 6.07) is 7.12. The van der Waals surface area contributed by atoms with E-state index in [9.17, 15) is 14.7 Å². The van der Waals surface area contributed by atoms with Crippen LogP contribution < -0.4 is 5.32 Å². The summed E-state index contributed by atoms with van der Waals surface area (Å²) in [5, 5.41) is 12.8. The van der Waals surface area contributed by atoms with Crippen LogP contribution in [0.25, 0.3) is 0 Å². The summed E-state index contributed by atoms with van der Waals surface area (Å²) in [7, 11) is 0. The van der Waals surface area contributed by atoms with Gasteiger partial charge in [-0.25, -0.2) is 4.79 Å². The van der Waals surface area contributed by atoms with Crippen LogP contribution in [0.1, 0.15) is 45.6 Å². The van der Waals surface area contributed by atoms with Crippen LogP contribution in [0, 0.1) is 11.8 Å². The molecule has 0 saturated carbocycles. The van der Waals surface area contributed by atoms with Crippen LogP contribution in [0.3, 0.4) is 0 Å². The number of benzene rings is 1. The molecule has 1 aromatic carbocycles. The van der Waals surface area contributed by atoms with Crippen molar-refractivity contribution in [1.29, 1.82) is 0 Å². The number of hydrogen-bond acceptors (Lipinski definition) is 5. The lowest BCUT2D eigenvalue weighted by Gasteiger charge is -2.23. The van der Waals surface area contributed by atoms with Crippen LogP contribution in [0.2, 0.25) is 5.02 Å². The van der Waals surface area contributed by atoms with Gasteiger partial charge >= 0.3 is 12.1 Å². The molecular weight excluding hydrogens is 402 g/mol. The molecule has 2 atom stereocenters. The minimum Gasteiger partial charge on any atom is -0.513 e. The smallest absolute Gasteiger partial charge is 0.410 e. The molecule has 0 aliphatic carbocycles. The van der Waals surface area contributed by atoms with Crippen molar-refractivity contribution < 1.29 is 24.2 Å². The van der Waals surface area contributed by atoms with E-state index in [1.807, 2.05) is 12.1 Å². The molecule has 0 aliphatic heterocycles. The van der Waals surface area contributed by atoms with E-state index in [2.05, 4.69) is 11.9 Å². The predicted octanol–water partition coefficient (Wildman–Crippen LogP) is 4.91. The number of alkyl carbamates (subject to hydrolysis) is 1. The average molecular weight is 432 g/mol. The highest BCUT2D eigenvalue weighted by molar-refractivity contribution is 7.59. The Balaban J connectivity index is 0.00000729. The van der Waals surface area contributed by atoms with Crippen molar-refractivity contribution in [3.63, 3.8) is 0 Å². The van der Waals surface area contributed by atoms with Crippen molar-refractivity contribution in [2.24, 2.45) is 11.8 Å². The summed E-state index contributed by atoms with van der Waals surface area (Å²) < 4.78 is 10.5. The van der Waals surface area contributed by atoms with Crippen molar-refractivity contribution in [2.45, 2.75) is 46.3 Å². The summed E-state index contributed by atoms with van der Waals surface area (Å²) in [5.41, 5.74) is 0.890. The lowest BCUT2D eigenvalue weighted by molar-refractivity contribution is -0.178. The first-order chi connectivity index (χ1) is 12.6. The number of carbonyl (C=O) groups is 2.